The van der Waals surface area contributed by atoms with Gasteiger partial charge in [0.15, 0.2) is 0 Å². The fourth-order valence-electron chi connectivity index (χ4n) is 1.20. The van der Waals surface area contributed by atoms with Crippen molar-refractivity contribution in [3.05, 3.63) is 23.8 Å². The third-order valence-electron chi connectivity index (χ3n) is 1.77. The molecule has 4 N–H and O–H groups in total. The molecule has 66 valence electrons. The molecule has 0 atom stereocenters. The first-order valence-corrected chi connectivity index (χ1v) is 4.06. The molecule has 12 heavy (non-hydrogen) atoms. The first kappa shape index (κ1) is 8.87. The topological polar surface area (TPSA) is 58.3 Å². The lowest BCUT2D eigenvalue weighted by Crippen LogP contribution is -1.97. The van der Waals surface area contributed by atoms with Crippen molar-refractivity contribution in [2.45, 2.75) is 19.8 Å². The molecule has 0 radical (unpaired) electrons. The second-order valence-corrected chi connectivity index (χ2v) is 2.78. The van der Waals surface area contributed by atoms with Gasteiger partial charge in [-0.05, 0) is 30.2 Å². The van der Waals surface area contributed by atoms with Crippen LogP contribution in [0.3, 0.4) is 0 Å². The third kappa shape index (κ3) is 1.89. The molecule has 0 saturated heterocycles. The third-order valence-corrected chi connectivity index (χ3v) is 1.77. The van der Waals surface area contributed by atoms with Crippen LogP contribution in [0.5, 0.6) is 0 Å². The average molecular weight is 166 g/mol. The van der Waals surface area contributed by atoms with Crippen LogP contribution >= 0.6 is 0 Å². The lowest BCUT2D eigenvalue weighted by molar-refractivity contribution is 0.388. The van der Waals surface area contributed by atoms with Crippen LogP contribution in [0.2, 0.25) is 0 Å². The van der Waals surface area contributed by atoms with Crippen LogP contribution in [-0.2, 0) is 6.42 Å². The highest BCUT2D eigenvalue weighted by atomic mass is 16.5. The molecular formula is C9H14N2O. The number of nitrogens with two attached hydrogens (primary N) is 1. The average Bonchev–Trinajstić information content (AvgIpc) is 2.05. The molecule has 0 aliphatic heterocycles. The second-order valence-electron chi connectivity index (χ2n) is 2.78. The van der Waals surface area contributed by atoms with Crippen molar-refractivity contribution in [3.63, 3.8) is 0 Å². The summed E-state index contributed by atoms with van der Waals surface area (Å²) in [5.41, 5.74) is 10.3. The summed E-state index contributed by atoms with van der Waals surface area (Å²) in [7, 11) is 0. The summed E-state index contributed by atoms with van der Waals surface area (Å²) in [5, 5.41) is 8.75. The molecule has 0 fully saturated rings. The summed E-state index contributed by atoms with van der Waals surface area (Å²) in [5.74, 6) is 0. The Kier molecular flexibility index (Phi) is 2.94. The molecule has 0 bridgehead atoms. The van der Waals surface area contributed by atoms with Crippen molar-refractivity contribution >= 4 is 11.4 Å². The maximum absolute atomic E-state index is 8.75. The van der Waals surface area contributed by atoms with Crippen LogP contribution in [-0.4, -0.2) is 5.21 Å². The lowest BCUT2D eigenvalue weighted by Gasteiger charge is -2.07. The van der Waals surface area contributed by atoms with Gasteiger partial charge in [0.05, 0.1) is 5.69 Å². The van der Waals surface area contributed by atoms with E-state index in [0.717, 1.165) is 29.8 Å². The summed E-state index contributed by atoms with van der Waals surface area (Å²) in [6, 6.07) is 5.42. The van der Waals surface area contributed by atoms with E-state index in [9.17, 15) is 0 Å². The van der Waals surface area contributed by atoms with Crippen LogP contribution in [0.25, 0.3) is 0 Å². The minimum absolute atomic E-state index is 0.734. The lowest BCUT2D eigenvalue weighted by atomic mass is 10.1. The molecule has 0 saturated carbocycles. The molecule has 1 aromatic rings. The van der Waals surface area contributed by atoms with Gasteiger partial charge in [-0.1, -0.05) is 13.3 Å². The molecule has 1 rings (SSSR count). The van der Waals surface area contributed by atoms with Gasteiger partial charge in [-0.3, -0.25) is 10.7 Å². The zero-order valence-electron chi connectivity index (χ0n) is 7.17. The molecule has 0 spiro atoms. The number of hydrogen-bond donors (Lipinski definition) is 3. The van der Waals surface area contributed by atoms with Gasteiger partial charge < -0.3 is 5.73 Å². The van der Waals surface area contributed by atoms with Crippen molar-refractivity contribution in [1.29, 1.82) is 0 Å². The Balaban J connectivity index is 2.95. The van der Waals surface area contributed by atoms with E-state index in [1.54, 1.807) is 12.1 Å². The molecule has 0 heterocycles. The van der Waals surface area contributed by atoms with Crippen LogP contribution in [0, 0.1) is 0 Å². The van der Waals surface area contributed by atoms with Crippen molar-refractivity contribution in [2.75, 3.05) is 11.2 Å². The largest absolute Gasteiger partial charge is 0.399 e. The zero-order chi connectivity index (χ0) is 8.97. The highest BCUT2D eigenvalue weighted by molar-refractivity contribution is 5.56. The smallest absolute Gasteiger partial charge is 0.0635 e. The predicted octanol–water partition coefficient (Wildman–Crippen LogP) is 2.02. The molecule has 0 aromatic heterocycles. The molecule has 0 amide bonds. The first-order valence-electron chi connectivity index (χ1n) is 4.06. The van der Waals surface area contributed by atoms with E-state index in [-0.39, 0.29) is 0 Å². The van der Waals surface area contributed by atoms with E-state index < -0.39 is 0 Å². The van der Waals surface area contributed by atoms with E-state index >= 15 is 0 Å². The van der Waals surface area contributed by atoms with Gasteiger partial charge in [0.2, 0.25) is 0 Å². The van der Waals surface area contributed by atoms with Gasteiger partial charge in [0.1, 0.15) is 0 Å². The fraction of sp³-hybridized carbons (Fsp3) is 0.333. The van der Waals surface area contributed by atoms with E-state index in [1.165, 1.54) is 0 Å². The van der Waals surface area contributed by atoms with Crippen LogP contribution in [0.4, 0.5) is 11.4 Å². The number of hydrogen-bond acceptors (Lipinski definition) is 3. The summed E-state index contributed by atoms with van der Waals surface area (Å²) < 4.78 is 0. The van der Waals surface area contributed by atoms with Crippen molar-refractivity contribution < 1.29 is 5.21 Å². The summed E-state index contributed by atoms with van der Waals surface area (Å²) in [4.78, 5) is 0. The molecule has 0 aliphatic carbocycles. The van der Waals surface area contributed by atoms with Crippen molar-refractivity contribution in [1.82, 2.24) is 0 Å². The van der Waals surface area contributed by atoms with Gasteiger partial charge in [-0.2, -0.15) is 0 Å². The number of rotatable bonds is 3. The molecule has 3 nitrogen and oxygen atoms in total. The SMILES string of the molecule is CCCc1cc(N)ccc1NO. The van der Waals surface area contributed by atoms with Crippen LogP contribution in [0.15, 0.2) is 18.2 Å². The van der Waals surface area contributed by atoms with E-state index in [0.29, 0.717) is 0 Å². The second kappa shape index (κ2) is 3.97. The van der Waals surface area contributed by atoms with Gasteiger partial charge in [-0.25, -0.2) is 0 Å². The minimum Gasteiger partial charge on any atom is -0.399 e. The van der Waals surface area contributed by atoms with Crippen LogP contribution in [0.1, 0.15) is 18.9 Å². The number of benzene rings is 1. The Hall–Kier alpha value is -1.22. The molecule has 0 aliphatic rings. The van der Waals surface area contributed by atoms with Gasteiger partial charge in [0.25, 0.3) is 0 Å². The van der Waals surface area contributed by atoms with Gasteiger partial charge in [-0.15, -0.1) is 0 Å². The quantitative estimate of drug-likeness (QED) is 0.475. The number of aryl methyl sites for hydroxylation is 1. The highest BCUT2D eigenvalue weighted by Crippen LogP contribution is 2.19. The Morgan fingerprint density at radius 1 is 1.50 bits per heavy atom. The molecule has 0 unspecified atom stereocenters. The Labute approximate surface area is 72.2 Å². The van der Waals surface area contributed by atoms with Crippen LogP contribution < -0.4 is 11.2 Å². The number of nitrogens with one attached hydrogen (secondary N) is 1. The number of anilines is 2. The van der Waals surface area contributed by atoms with E-state index in [2.05, 4.69) is 12.4 Å². The summed E-state index contributed by atoms with van der Waals surface area (Å²) >= 11 is 0. The Bertz CT molecular complexity index is 261. The highest BCUT2D eigenvalue weighted by Gasteiger charge is 2.00. The van der Waals surface area contributed by atoms with E-state index in [1.807, 2.05) is 6.07 Å². The maximum Gasteiger partial charge on any atom is 0.0635 e. The van der Waals surface area contributed by atoms with Gasteiger partial charge >= 0.3 is 0 Å². The Morgan fingerprint density at radius 3 is 2.83 bits per heavy atom. The van der Waals surface area contributed by atoms with Crippen molar-refractivity contribution in [3.8, 4) is 0 Å². The predicted molar refractivity (Wildman–Crippen MR) is 50.3 cm³/mol. The molecular weight excluding hydrogens is 152 g/mol. The fourth-order valence-corrected chi connectivity index (χ4v) is 1.20. The summed E-state index contributed by atoms with van der Waals surface area (Å²) in [6.07, 6.45) is 1.96. The summed E-state index contributed by atoms with van der Waals surface area (Å²) in [6.45, 7) is 2.09. The molecule has 3 heteroatoms. The maximum atomic E-state index is 8.75. The monoisotopic (exact) mass is 166 g/mol. The zero-order valence-corrected chi connectivity index (χ0v) is 7.17. The first-order chi connectivity index (χ1) is 5.77. The van der Waals surface area contributed by atoms with Crippen molar-refractivity contribution in [2.24, 2.45) is 0 Å². The van der Waals surface area contributed by atoms with E-state index in [4.69, 9.17) is 10.9 Å². The normalized spacial score (nSPS) is 9.83. The van der Waals surface area contributed by atoms with Gasteiger partial charge in [0, 0.05) is 5.69 Å². The Morgan fingerprint density at radius 2 is 2.25 bits per heavy atom. The minimum atomic E-state index is 0.734. The standard InChI is InChI=1S/C9H14N2O/c1-2-3-7-6-8(10)4-5-9(7)11-12/h4-6,11-12H,2-3,10H2,1H3. The molecule has 1 aromatic carbocycles. The number of nitrogen functional groups attached to an aromatic ring is 1.